The molecule has 0 radical (unpaired) electrons. The fraction of sp³-hybridized carbons (Fsp3) is 0.900. The summed E-state index contributed by atoms with van der Waals surface area (Å²) in [4.78, 5) is 13.4. The molecule has 3 heteroatoms. The number of hydrogen-bond acceptors (Lipinski definition) is 2. The number of rotatable bonds is 4. The smallest absolute Gasteiger partial charge is 0.222 e. The summed E-state index contributed by atoms with van der Waals surface area (Å²) in [6.45, 7) is 2.54. The number of nitrogens with zero attached hydrogens (tertiary/aromatic N) is 1. The van der Waals surface area contributed by atoms with Crippen LogP contribution in [0.15, 0.2) is 0 Å². The number of amides is 1. The molecule has 0 bridgehead atoms. The van der Waals surface area contributed by atoms with Crippen LogP contribution in [0, 0.1) is 11.8 Å². The van der Waals surface area contributed by atoms with E-state index < -0.39 is 0 Å². The van der Waals surface area contributed by atoms with Gasteiger partial charge in [-0.25, -0.2) is 0 Å². The van der Waals surface area contributed by atoms with Gasteiger partial charge in [-0.3, -0.25) is 4.79 Å². The summed E-state index contributed by atoms with van der Waals surface area (Å²) in [6, 6.07) is 0. The van der Waals surface area contributed by atoms with E-state index in [0.717, 1.165) is 19.0 Å². The van der Waals surface area contributed by atoms with Crippen LogP contribution in [-0.2, 0) is 4.79 Å². The second-order valence-corrected chi connectivity index (χ2v) is 4.38. The predicted molar refractivity (Wildman–Crippen MR) is 51.1 cm³/mol. The Morgan fingerprint density at radius 2 is 2.15 bits per heavy atom. The molecule has 1 amide bonds. The molecule has 0 aromatic rings. The molecule has 1 atom stereocenters. The van der Waals surface area contributed by atoms with Crippen molar-refractivity contribution in [3.05, 3.63) is 0 Å². The van der Waals surface area contributed by atoms with E-state index in [-0.39, 0.29) is 0 Å². The molecule has 1 saturated heterocycles. The monoisotopic (exact) mass is 182 g/mol. The first-order chi connectivity index (χ1) is 6.29. The van der Waals surface area contributed by atoms with E-state index in [2.05, 4.69) is 0 Å². The Bertz CT molecular complexity index is 201. The highest BCUT2D eigenvalue weighted by Crippen LogP contribution is 2.33. The lowest BCUT2D eigenvalue weighted by molar-refractivity contribution is -0.127. The summed E-state index contributed by atoms with van der Waals surface area (Å²) in [6.07, 6.45) is 4.65. The predicted octanol–water partition coefficient (Wildman–Crippen LogP) is 0.594. The first-order valence-electron chi connectivity index (χ1n) is 5.27. The quantitative estimate of drug-likeness (QED) is 0.692. The van der Waals surface area contributed by atoms with E-state index in [0.29, 0.717) is 24.8 Å². The molecule has 1 aliphatic heterocycles. The van der Waals surface area contributed by atoms with Crippen LogP contribution in [0.4, 0.5) is 0 Å². The standard InChI is InChI=1S/C10H18N2O/c11-6-9-5-10(13)12(7-9)4-3-8-1-2-8/h8-9H,1-7,11H2. The minimum Gasteiger partial charge on any atom is -0.342 e. The highest BCUT2D eigenvalue weighted by atomic mass is 16.2. The van der Waals surface area contributed by atoms with Gasteiger partial charge >= 0.3 is 0 Å². The number of nitrogens with two attached hydrogens (primary N) is 1. The zero-order valence-corrected chi connectivity index (χ0v) is 8.04. The molecule has 2 rings (SSSR count). The van der Waals surface area contributed by atoms with Crippen molar-refractivity contribution in [1.29, 1.82) is 0 Å². The zero-order chi connectivity index (χ0) is 9.26. The Morgan fingerprint density at radius 3 is 2.69 bits per heavy atom. The van der Waals surface area contributed by atoms with E-state index in [1.165, 1.54) is 19.3 Å². The Balaban J connectivity index is 1.74. The molecule has 3 nitrogen and oxygen atoms in total. The maximum atomic E-state index is 11.4. The second-order valence-electron chi connectivity index (χ2n) is 4.38. The lowest BCUT2D eigenvalue weighted by Gasteiger charge is -2.15. The largest absolute Gasteiger partial charge is 0.342 e. The lowest BCUT2D eigenvalue weighted by atomic mass is 10.1. The van der Waals surface area contributed by atoms with Gasteiger partial charge in [0.25, 0.3) is 0 Å². The van der Waals surface area contributed by atoms with Crippen molar-refractivity contribution in [2.75, 3.05) is 19.6 Å². The minimum absolute atomic E-state index is 0.316. The molecule has 0 spiro atoms. The molecule has 74 valence electrons. The fourth-order valence-corrected chi connectivity index (χ4v) is 1.97. The van der Waals surface area contributed by atoms with Crippen molar-refractivity contribution in [3.63, 3.8) is 0 Å². The summed E-state index contributed by atoms with van der Waals surface area (Å²) in [7, 11) is 0. The van der Waals surface area contributed by atoms with Crippen LogP contribution >= 0.6 is 0 Å². The van der Waals surface area contributed by atoms with Gasteiger partial charge in [0.1, 0.15) is 0 Å². The zero-order valence-electron chi connectivity index (χ0n) is 8.04. The van der Waals surface area contributed by atoms with Gasteiger partial charge in [-0.2, -0.15) is 0 Å². The average molecular weight is 182 g/mol. The van der Waals surface area contributed by atoms with Crippen LogP contribution in [0.25, 0.3) is 0 Å². The molecule has 0 aromatic heterocycles. The van der Waals surface area contributed by atoms with Gasteiger partial charge in [0.05, 0.1) is 0 Å². The summed E-state index contributed by atoms with van der Waals surface area (Å²) >= 11 is 0. The van der Waals surface area contributed by atoms with Crippen molar-refractivity contribution in [1.82, 2.24) is 4.90 Å². The minimum atomic E-state index is 0.316. The van der Waals surface area contributed by atoms with E-state index in [1.54, 1.807) is 0 Å². The number of hydrogen-bond donors (Lipinski definition) is 1. The fourth-order valence-electron chi connectivity index (χ4n) is 1.97. The third-order valence-corrected chi connectivity index (χ3v) is 3.13. The first-order valence-corrected chi connectivity index (χ1v) is 5.27. The summed E-state index contributed by atoms with van der Waals surface area (Å²) in [5.41, 5.74) is 5.55. The Labute approximate surface area is 79.3 Å². The van der Waals surface area contributed by atoms with Crippen LogP contribution in [-0.4, -0.2) is 30.4 Å². The average Bonchev–Trinajstić information content (AvgIpc) is 2.88. The summed E-state index contributed by atoms with van der Waals surface area (Å²) in [5.74, 6) is 1.66. The van der Waals surface area contributed by atoms with Gasteiger partial charge in [-0.05, 0) is 24.8 Å². The molecule has 13 heavy (non-hydrogen) atoms. The van der Waals surface area contributed by atoms with Crippen LogP contribution in [0.5, 0.6) is 0 Å². The van der Waals surface area contributed by atoms with Gasteiger partial charge in [0.2, 0.25) is 5.91 Å². The third-order valence-electron chi connectivity index (χ3n) is 3.13. The van der Waals surface area contributed by atoms with Crippen LogP contribution < -0.4 is 5.73 Å². The SMILES string of the molecule is NCC1CC(=O)N(CCC2CC2)C1. The van der Waals surface area contributed by atoms with E-state index >= 15 is 0 Å². The molecule has 1 aliphatic carbocycles. The van der Waals surface area contributed by atoms with Gasteiger partial charge in [0, 0.05) is 19.5 Å². The molecule has 1 unspecified atom stereocenters. The van der Waals surface area contributed by atoms with E-state index in [4.69, 9.17) is 5.73 Å². The molecule has 2 aliphatic rings. The van der Waals surface area contributed by atoms with Gasteiger partial charge < -0.3 is 10.6 Å². The van der Waals surface area contributed by atoms with Crippen molar-refractivity contribution >= 4 is 5.91 Å². The maximum absolute atomic E-state index is 11.4. The normalized spacial score (nSPS) is 28.5. The first kappa shape index (κ1) is 9.00. The van der Waals surface area contributed by atoms with Crippen LogP contribution in [0.3, 0.4) is 0 Å². The topological polar surface area (TPSA) is 46.3 Å². The number of carbonyl (C=O) groups excluding carboxylic acids is 1. The highest BCUT2D eigenvalue weighted by molar-refractivity contribution is 5.78. The molecule has 2 fully saturated rings. The number of likely N-dealkylation sites (tertiary alicyclic amines) is 1. The maximum Gasteiger partial charge on any atom is 0.222 e. The van der Waals surface area contributed by atoms with Gasteiger partial charge in [-0.1, -0.05) is 12.8 Å². The molecule has 0 aromatic carbocycles. The van der Waals surface area contributed by atoms with Crippen molar-refractivity contribution in [3.8, 4) is 0 Å². The van der Waals surface area contributed by atoms with Crippen LogP contribution in [0.2, 0.25) is 0 Å². The van der Waals surface area contributed by atoms with Crippen molar-refractivity contribution in [2.45, 2.75) is 25.7 Å². The van der Waals surface area contributed by atoms with Crippen LogP contribution in [0.1, 0.15) is 25.7 Å². The molecule has 2 N–H and O–H groups in total. The van der Waals surface area contributed by atoms with Gasteiger partial charge in [0.15, 0.2) is 0 Å². The van der Waals surface area contributed by atoms with E-state index in [1.807, 2.05) is 4.90 Å². The highest BCUT2D eigenvalue weighted by Gasteiger charge is 2.30. The Morgan fingerprint density at radius 1 is 1.38 bits per heavy atom. The van der Waals surface area contributed by atoms with E-state index in [9.17, 15) is 4.79 Å². The summed E-state index contributed by atoms with van der Waals surface area (Å²) < 4.78 is 0. The molecule has 1 heterocycles. The molecular weight excluding hydrogens is 164 g/mol. The summed E-state index contributed by atoms with van der Waals surface area (Å²) in [5, 5.41) is 0. The van der Waals surface area contributed by atoms with Crippen molar-refractivity contribution in [2.24, 2.45) is 17.6 Å². The lowest BCUT2D eigenvalue weighted by Crippen LogP contribution is -2.27. The van der Waals surface area contributed by atoms with Gasteiger partial charge in [-0.15, -0.1) is 0 Å². The Hall–Kier alpha value is -0.570. The third kappa shape index (κ3) is 2.21. The molecule has 1 saturated carbocycles. The van der Waals surface area contributed by atoms with Crippen molar-refractivity contribution < 1.29 is 4.79 Å². The molecular formula is C10H18N2O. The number of carbonyl (C=O) groups is 1. The second kappa shape index (κ2) is 3.66. The Kier molecular flexibility index (Phi) is 2.54.